The molecule has 1 rings (SSSR count). The summed E-state index contributed by atoms with van der Waals surface area (Å²) in [5.41, 5.74) is 6.34. The number of aliphatic carboxylic acids is 1. The van der Waals surface area contributed by atoms with Crippen molar-refractivity contribution in [3.05, 3.63) is 18.2 Å². The van der Waals surface area contributed by atoms with Crippen molar-refractivity contribution in [1.82, 2.24) is 25.9 Å². The van der Waals surface area contributed by atoms with Crippen LogP contribution >= 0.6 is 12.6 Å². The Kier molecular flexibility index (Phi) is 11.0. The fraction of sp³-hybridized carbons (Fsp3) is 0.611. The lowest BCUT2D eigenvalue weighted by molar-refractivity contribution is -0.143. The Balaban J connectivity index is 2.89. The minimum atomic E-state index is -1.54. The molecule has 0 saturated carbocycles. The molecule has 4 unspecified atom stereocenters. The molecule has 0 spiro atoms. The highest BCUT2D eigenvalue weighted by molar-refractivity contribution is 7.80. The summed E-state index contributed by atoms with van der Waals surface area (Å²) in [4.78, 5) is 55.2. The van der Waals surface area contributed by atoms with Gasteiger partial charge >= 0.3 is 5.97 Å². The molecule has 0 fully saturated rings. The Morgan fingerprint density at radius 2 is 1.68 bits per heavy atom. The molecular weight excluding hydrogens is 428 g/mol. The van der Waals surface area contributed by atoms with Crippen LogP contribution in [0.2, 0.25) is 0 Å². The van der Waals surface area contributed by atoms with Gasteiger partial charge in [0, 0.05) is 24.1 Å². The number of carbonyl (C=O) groups excluding carboxylic acids is 3. The van der Waals surface area contributed by atoms with Crippen LogP contribution < -0.4 is 21.7 Å². The monoisotopic (exact) mass is 458 g/mol. The Morgan fingerprint density at radius 1 is 1.10 bits per heavy atom. The van der Waals surface area contributed by atoms with Gasteiger partial charge in [0.1, 0.15) is 18.1 Å². The maximum atomic E-state index is 12.7. The fourth-order valence-electron chi connectivity index (χ4n) is 2.64. The number of rotatable bonds is 13. The number of aliphatic hydroxyl groups is 1. The van der Waals surface area contributed by atoms with Crippen LogP contribution in [-0.2, 0) is 25.6 Å². The molecule has 0 radical (unpaired) electrons. The zero-order valence-corrected chi connectivity index (χ0v) is 18.3. The van der Waals surface area contributed by atoms with Crippen LogP contribution in [0.3, 0.4) is 0 Å². The molecule has 0 aromatic carbocycles. The summed E-state index contributed by atoms with van der Waals surface area (Å²) in [5, 5.41) is 25.3. The van der Waals surface area contributed by atoms with Gasteiger partial charge in [-0.2, -0.15) is 12.6 Å². The van der Waals surface area contributed by atoms with E-state index in [2.05, 4.69) is 38.5 Å². The predicted octanol–water partition coefficient (Wildman–Crippen LogP) is -2.21. The number of H-pyrrole nitrogens is 1. The van der Waals surface area contributed by atoms with Crippen LogP contribution in [0.5, 0.6) is 0 Å². The fourth-order valence-corrected chi connectivity index (χ4v) is 2.90. The number of nitrogens with two attached hydrogens (primary N) is 1. The lowest BCUT2D eigenvalue weighted by atomic mass is 10.0. The number of aromatic nitrogens is 2. The number of nitrogens with zero attached hydrogens (tertiary/aromatic N) is 1. The number of imidazole rings is 1. The number of amides is 3. The number of hydrogen-bond acceptors (Lipinski definition) is 8. The minimum Gasteiger partial charge on any atom is -0.480 e. The summed E-state index contributed by atoms with van der Waals surface area (Å²) in [5.74, 6) is -3.36. The largest absolute Gasteiger partial charge is 0.480 e. The summed E-state index contributed by atoms with van der Waals surface area (Å²) in [6.07, 6.45) is 3.22. The number of thiol groups is 1. The van der Waals surface area contributed by atoms with Gasteiger partial charge in [0.05, 0.1) is 19.0 Å². The molecule has 4 atom stereocenters. The van der Waals surface area contributed by atoms with Crippen LogP contribution in [0.25, 0.3) is 0 Å². The lowest BCUT2D eigenvalue weighted by Gasteiger charge is -2.24. The quantitative estimate of drug-likeness (QED) is 0.152. The third-order valence-electron chi connectivity index (χ3n) is 4.29. The normalized spacial score (nSPS) is 14.9. The first-order valence-corrected chi connectivity index (χ1v) is 10.3. The van der Waals surface area contributed by atoms with E-state index in [9.17, 15) is 19.2 Å². The van der Waals surface area contributed by atoms with Gasteiger partial charge in [0.2, 0.25) is 17.7 Å². The molecule has 12 nitrogen and oxygen atoms in total. The van der Waals surface area contributed by atoms with Crippen molar-refractivity contribution in [2.45, 2.75) is 50.9 Å². The van der Waals surface area contributed by atoms with Crippen LogP contribution in [-0.4, -0.2) is 80.4 Å². The predicted molar refractivity (Wildman–Crippen MR) is 114 cm³/mol. The number of aromatic amines is 1. The van der Waals surface area contributed by atoms with Crippen LogP contribution in [0.1, 0.15) is 26.0 Å². The summed E-state index contributed by atoms with van der Waals surface area (Å²) in [6, 6.07) is -4.62. The summed E-state index contributed by atoms with van der Waals surface area (Å²) >= 11 is 4.08. The second-order valence-corrected chi connectivity index (χ2v) is 7.77. The van der Waals surface area contributed by atoms with E-state index < -0.39 is 54.5 Å². The summed E-state index contributed by atoms with van der Waals surface area (Å²) in [6.45, 7) is 2.99. The molecule has 174 valence electrons. The van der Waals surface area contributed by atoms with E-state index in [1.807, 2.05) is 13.8 Å². The standard InChI is InChI=1S/C18H30N6O6S/c1-9(2)3-11(19)15(26)24-14(7-31)17(28)22-12(4-10-5-20-8-21-10)16(27)23-13(6-25)18(29)30/h5,8-9,11-14,25,31H,3-4,6-7,19H2,1-2H3,(H,20,21)(H,22,28)(H,23,27)(H,24,26)(H,29,30). The van der Waals surface area contributed by atoms with E-state index in [1.54, 1.807) is 0 Å². The Morgan fingerprint density at radius 3 is 2.16 bits per heavy atom. The maximum Gasteiger partial charge on any atom is 0.328 e. The molecule has 0 saturated heterocycles. The van der Waals surface area contributed by atoms with Crippen molar-refractivity contribution in [3.8, 4) is 0 Å². The molecule has 0 aliphatic heterocycles. The van der Waals surface area contributed by atoms with Crippen LogP contribution in [0, 0.1) is 5.92 Å². The molecule has 31 heavy (non-hydrogen) atoms. The molecule has 0 bridgehead atoms. The van der Waals surface area contributed by atoms with E-state index >= 15 is 0 Å². The van der Waals surface area contributed by atoms with Crippen molar-refractivity contribution < 1.29 is 29.4 Å². The second-order valence-electron chi connectivity index (χ2n) is 7.40. The van der Waals surface area contributed by atoms with Gasteiger partial charge in [0.15, 0.2) is 0 Å². The first-order valence-electron chi connectivity index (χ1n) is 9.67. The Labute approximate surface area is 185 Å². The summed E-state index contributed by atoms with van der Waals surface area (Å²) in [7, 11) is 0. The number of carbonyl (C=O) groups is 4. The second kappa shape index (κ2) is 12.9. The third-order valence-corrected chi connectivity index (χ3v) is 4.65. The molecule has 0 aliphatic rings. The molecule has 3 amide bonds. The topological polar surface area (TPSA) is 200 Å². The number of aliphatic hydroxyl groups excluding tert-OH is 1. The van der Waals surface area contributed by atoms with Gasteiger partial charge in [-0.05, 0) is 12.3 Å². The van der Waals surface area contributed by atoms with Gasteiger partial charge in [-0.3, -0.25) is 14.4 Å². The first kappa shape index (κ1) is 26.4. The number of carboxylic acids is 1. The average molecular weight is 459 g/mol. The molecule has 1 aromatic heterocycles. The highest BCUT2D eigenvalue weighted by Crippen LogP contribution is 2.04. The van der Waals surface area contributed by atoms with E-state index in [1.165, 1.54) is 12.5 Å². The molecule has 0 aliphatic carbocycles. The number of nitrogens with one attached hydrogen (secondary N) is 4. The summed E-state index contributed by atoms with van der Waals surface area (Å²) < 4.78 is 0. The van der Waals surface area contributed by atoms with Crippen molar-refractivity contribution in [1.29, 1.82) is 0 Å². The zero-order chi connectivity index (χ0) is 23.6. The maximum absolute atomic E-state index is 12.7. The van der Waals surface area contributed by atoms with Gasteiger partial charge in [-0.25, -0.2) is 9.78 Å². The minimum absolute atomic E-state index is 0.0323. The van der Waals surface area contributed by atoms with E-state index in [-0.39, 0.29) is 18.1 Å². The average Bonchev–Trinajstić information content (AvgIpc) is 3.21. The zero-order valence-electron chi connectivity index (χ0n) is 17.4. The number of carboxylic acid groups (broad SMARTS) is 1. The highest BCUT2D eigenvalue weighted by atomic mass is 32.1. The van der Waals surface area contributed by atoms with Gasteiger partial charge < -0.3 is 36.9 Å². The lowest BCUT2D eigenvalue weighted by Crippen LogP contribution is -2.58. The van der Waals surface area contributed by atoms with Gasteiger partial charge in [-0.15, -0.1) is 0 Å². The van der Waals surface area contributed by atoms with E-state index in [0.717, 1.165) is 0 Å². The molecule has 1 heterocycles. The van der Waals surface area contributed by atoms with Crippen LogP contribution in [0.15, 0.2) is 12.5 Å². The van der Waals surface area contributed by atoms with E-state index in [4.69, 9.17) is 15.9 Å². The van der Waals surface area contributed by atoms with Gasteiger partial charge in [-0.1, -0.05) is 13.8 Å². The highest BCUT2D eigenvalue weighted by Gasteiger charge is 2.30. The van der Waals surface area contributed by atoms with Crippen LogP contribution in [0.4, 0.5) is 0 Å². The Bertz CT molecular complexity index is 744. The van der Waals surface area contributed by atoms with Gasteiger partial charge in [0.25, 0.3) is 0 Å². The van der Waals surface area contributed by atoms with E-state index in [0.29, 0.717) is 12.1 Å². The van der Waals surface area contributed by atoms with Crippen molar-refractivity contribution in [2.75, 3.05) is 12.4 Å². The third kappa shape index (κ3) is 8.94. The van der Waals surface area contributed by atoms with Crippen molar-refractivity contribution >= 4 is 36.3 Å². The smallest absolute Gasteiger partial charge is 0.328 e. The SMILES string of the molecule is CC(C)CC(N)C(=O)NC(CS)C(=O)NC(Cc1cnc[nH]1)C(=O)NC(CO)C(=O)O. The molecular formula is C18H30N6O6S. The molecule has 8 N–H and O–H groups in total. The molecule has 13 heteroatoms. The number of hydrogen-bond donors (Lipinski definition) is 8. The van der Waals surface area contributed by atoms with Crippen molar-refractivity contribution in [2.24, 2.45) is 11.7 Å². The Hall–Kier alpha value is -2.64. The van der Waals surface area contributed by atoms with Crippen molar-refractivity contribution in [3.63, 3.8) is 0 Å². The molecule has 1 aromatic rings. The first-order chi connectivity index (χ1) is 14.6.